The molecular formula is C15H27IN4O2S2. The molecule has 24 heavy (non-hydrogen) atoms. The zero-order chi connectivity index (χ0) is 16.9. The Hall–Kier alpha value is -0.390. The highest BCUT2D eigenvalue weighted by molar-refractivity contribution is 14.0. The normalized spacial score (nSPS) is 19.1. The third-order valence-electron chi connectivity index (χ3n) is 4.11. The predicted molar refractivity (Wildman–Crippen MR) is 112 cm³/mol. The van der Waals surface area contributed by atoms with Crippen LogP contribution in [0, 0.1) is 5.92 Å². The number of halogens is 1. The molecule has 0 radical (unpaired) electrons. The van der Waals surface area contributed by atoms with Gasteiger partial charge in [0.1, 0.15) is 0 Å². The summed E-state index contributed by atoms with van der Waals surface area (Å²) in [4.78, 5) is 7.80. The highest BCUT2D eigenvalue weighted by atomic mass is 127. The molecule has 0 saturated carbocycles. The van der Waals surface area contributed by atoms with Gasteiger partial charge in [0, 0.05) is 45.2 Å². The van der Waals surface area contributed by atoms with Crippen LogP contribution in [0.2, 0.25) is 0 Å². The van der Waals surface area contributed by atoms with Crippen molar-refractivity contribution in [1.29, 1.82) is 0 Å². The second kappa shape index (κ2) is 9.93. The molecule has 0 aromatic carbocycles. The maximum Gasteiger partial charge on any atom is 0.211 e. The lowest BCUT2D eigenvalue weighted by atomic mass is 10.1. The Kier molecular flexibility index (Phi) is 8.96. The van der Waals surface area contributed by atoms with E-state index in [1.54, 1.807) is 22.7 Å². The molecule has 1 aromatic rings. The van der Waals surface area contributed by atoms with Crippen molar-refractivity contribution in [3.8, 4) is 0 Å². The minimum absolute atomic E-state index is 0. The Balaban J connectivity index is 0.00000288. The third kappa shape index (κ3) is 6.49. The minimum atomic E-state index is -3.06. The molecule has 1 unspecified atom stereocenters. The van der Waals surface area contributed by atoms with E-state index in [0.29, 0.717) is 19.0 Å². The number of nitrogens with one attached hydrogen (secondary N) is 1. The van der Waals surface area contributed by atoms with Gasteiger partial charge in [-0.3, -0.25) is 4.99 Å². The number of rotatable bonds is 6. The van der Waals surface area contributed by atoms with E-state index in [9.17, 15) is 8.42 Å². The third-order valence-corrected chi connectivity index (χ3v) is 6.32. The van der Waals surface area contributed by atoms with E-state index in [1.165, 1.54) is 11.1 Å². The van der Waals surface area contributed by atoms with Gasteiger partial charge in [-0.1, -0.05) is 6.07 Å². The van der Waals surface area contributed by atoms with Crippen LogP contribution < -0.4 is 5.32 Å². The molecular weight excluding hydrogens is 459 g/mol. The van der Waals surface area contributed by atoms with Gasteiger partial charge in [0.25, 0.3) is 0 Å². The van der Waals surface area contributed by atoms with Gasteiger partial charge in [0.2, 0.25) is 10.0 Å². The van der Waals surface area contributed by atoms with Gasteiger partial charge in [-0.25, -0.2) is 12.7 Å². The molecule has 1 aliphatic heterocycles. The Morgan fingerprint density at radius 3 is 2.83 bits per heavy atom. The van der Waals surface area contributed by atoms with E-state index in [0.717, 1.165) is 31.9 Å². The largest absolute Gasteiger partial charge is 0.356 e. The summed E-state index contributed by atoms with van der Waals surface area (Å²) in [6.45, 7) is 2.88. The Labute approximate surface area is 166 Å². The highest BCUT2D eigenvalue weighted by Crippen LogP contribution is 2.18. The van der Waals surface area contributed by atoms with Gasteiger partial charge < -0.3 is 10.2 Å². The van der Waals surface area contributed by atoms with E-state index in [1.807, 2.05) is 7.05 Å². The summed E-state index contributed by atoms with van der Waals surface area (Å²) in [6, 6.07) is 4.22. The minimum Gasteiger partial charge on any atom is -0.356 e. The van der Waals surface area contributed by atoms with Crippen molar-refractivity contribution in [2.24, 2.45) is 10.9 Å². The molecule has 1 aromatic heterocycles. The number of thiophene rings is 1. The van der Waals surface area contributed by atoms with Crippen LogP contribution in [0.25, 0.3) is 0 Å². The van der Waals surface area contributed by atoms with Gasteiger partial charge in [-0.2, -0.15) is 0 Å². The van der Waals surface area contributed by atoms with Gasteiger partial charge in [0.15, 0.2) is 5.96 Å². The van der Waals surface area contributed by atoms with Crippen molar-refractivity contribution >= 4 is 51.3 Å². The molecule has 138 valence electrons. The fraction of sp³-hybridized carbons (Fsp3) is 0.667. The molecule has 0 aliphatic carbocycles. The molecule has 9 heteroatoms. The number of guanidine groups is 1. The van der Waals surface area contributed by atoms with Crippen molar-refractivity contribution in [1.82, 2.24) is 14.5 Å². The first-order valence-electron chi connectivity index (χ1n) is 7.79. The first-order chi connectivity index (χ1) is 10.9. The fourth-order valence-corrected chi connectivity index (χ4v) is 4.34. The lowest BCUT2D eigenvalue weighted by Gasteiger charge is -2.23. The average molecular weight is 486 g/mol. The molecule has 1 saturated heterocycles. The van der Waals surface area contributed by atoms with Crippen molar-refractivity contribution in [3.05, 3.63) is 22.4 Å². The first-order valence-corrected chi connectivity index (χ1v) is 10.5. The summed E-state index contributed by atoms with van der Waals surface area (Å²) in [5.74, 6) is 1.20. The van der Waals surface area contributed by atoms with Crippen LogP contribution in [-0.4, -0.2) is 70.1 Å². The second-order valence-electron chi connectivity index (χ2n) is 5.95. The van der Waals surface area contributed by atoms with Gasteiger partial charge >= 0.3 is 0 Å². The molecule has 0 bridgehead atoms. The van der Waals surface area contributed by atoms with Crippen LogP contribution in [0.4, 0.5) is 0 Å². The smallest absolute Gasteiger partial charge is 0.211 e. The molecule has 0 spiro atoms. The molecule has 1 fully saturated rings. The van der Waals surface area contributed by atoms with Gasteiger partial charge in [0.05, 0.1) is 6.26 Å². The number of nitrogens with zero attached hydrogens (tertiary/aromatic N) is 3. The highest BCUT2D eigenvalue weighted by Gasteiger charge is 2.28. The molecule has 6 nitrogen and oxygen atoms in total. The number of hydrogen-bond donors (Lipinski definition) is 1. The van der Waals surface area contributed by atoms with Gasteiger partial charge in [-0.05, 0) is 30.2 Å². The monoisotopic (exact) mass is 486 g/mol. The number of aliphatic imine (C=N–C) groups is 1. The topological polar surface area (TPSA) is 65.0 Å². The van der Waals surface area contributed by atoms with E-state index in [2.05, 4.69) is 32.7 Å². The number of likely N-dealkylation sites (N-methyl/N-ethyl adjacent to an activating group) is 1. The van der Waals surface area contributed by atoms with Crippen LogP contribution >= 0.6 is 35.3 Å². The molecule has 1 N–H and O–H groups in total. The van der Waals surface area contributed by atoms with Crippen LogP contribution in [0.5, 0.6) is 0 Å². The molecule has 2 rings (SSSR count). The van der Waals surface area contributed by atoms with E-state index < -0.39 is 10.0 Å². The van der Waals surface area contributed by atoms with Crippen molar-refractivity contribution in [3.63, 3.8) is 0 Å². The van der Waals surface area contributed by atoms with Crippen molar-refractivity contribution in [2.75, 3.05) is 46.5 Å². The molecule has 1 aliphatic rings. The molecule has 1 atom stereocenters. The van der Waals surface area contributed by atoms with Crippen molar-refractivity contribution in [2.45, 2.75) is 12.8 Å². The Bertz CT molecular complexity index is 619. The molecule has 0 amide bonds. The maximum absolute atomic E-state index is 11.6. The Morgan fingerprint density at radius 2 is 2.29 bits per heavy atom. The zero-order valence-electron chi connectivity index (χ0n) is 14.4. The fourth-order valence-electron chi connectivity index (χ4n) is 2.72. The van der Waals surface area contributed by atoms with Crippen LogP contribution in [0.15, 0.2) is 22.5 Å². The SMILES string of the molecule is CN=C(NCC1CCN(S(C)(=O)=O)C1)N(C)CCc1cccs1.I. The second-order valence-corrected chi connectivity index (χ2v) is 8.97. The lowest BCUT2D eigenvalue weighted by molar-refractivity contribution is 0.446. The summed E-state index contributed by atoms with van der Waals surface area (Å²) in [7, 11) is 0.744. The van der Waals surface area contributed by atoms with E-state index in [4.69, 9.17) is 0 Å². The Morgan fingerprint density at radius 1 is 1.54 bits per heavy atom. The summed E-state index contributed by atoms with van der Waals surface area (Å²) in [5, 5.41) is 5.46. The summed E-state index contributed by atoms with van der Waals surface area (Å²) in [5.41, 5.74) is 0. The van der Waals surface area contributed by atoms with Crippen LogP contribution in [0.1, 0.15) is 11.3 Å². The summed E-state index contributed by atoms with van der Waals surface area (Å²) >= 11 is 1.77. The van der Waals surface area contributed by atoms with E-state index in [-0.39, 0.29) is 24.0 Å². The number of sulfonamides is 1. The van der Waals surface area contributed by atoms with Crippen LogP contribution in [-0.2, 0) is 16.4 Å². The predicted octanol–water partition coefficient (Wildman–Crippen LogP) is 1.70. The first kappa shape index (κ1) is 21.7. The zero-order valence-corrected chi connectivity index (χ0v) is 18.4. The summed E-state index contributed by atoms with van der Waals surface area (Å²) in [6.07, 6.45) is 3.18. The van der Waals surface area contributed by atoms with E-state index >= 15 is 0 Å². The maximum atomic E-state index is 11.6. The molecule has 2 heterocycles. The quantitative estimate of drug-likeness (QED) is 0.378. The average Bonchev–Trinajstić information content (AvgIpc) is 3.16. The lowest BCUT2D eigenvalue weighted by Crippen LogP contribution is -2.42. The standard InChI is InChI=1S/C15H26N4O2S2.HI/c1-16-15(18(2)8-7-14-5-4-10-22-14)17-11-13-6-9-19(12-13)23(3,20)21;/h4-5,10,13H,6-9,11-12H2,1-3H3,(H,16,17);1H. The van der Waals surface area contributed by atoms with Crippen LogP contribution in [0.3, 0.4) is 0 Å². The van der Waals surface area contributed by atoms with Gasteiger partial charge in [-0.15, -0.1) is 35.3 Å². The number of hydrogen-bond acceptors (Lipinski definition) is 4. The van der Waals surface area contributed by atoms with Crippen molar-refractivity contribution < 1.29 is 8.42 Å². The summed E-state index contributed by atoms with van der Waals surface area (Å²) < 4.78 is 24.7.